The SMILES string of the molecule is COc1ccn([C@H]2C[C@H](OCc3ccccc3)[C@@H](CN=[N+]=[N-])O2)c(=O)n1. The number of methoxy groups -OCH3 is 1. The fraction of sp³-hybridized carbons (Fsp3) is 0.412. The van der Waals surface area contributed by atoms with Crippen molar-refractivity contribution < 1.29 is 14.2 Å². The molecule has 0 spiro atoms. The van der Waals surface area contributed by atoms with E-state index in [1.165, 1.54) is 11.7 Å². The van der Waals surface area contributed by atoms with Crippen LogP contribution in [0.3, 0.4) is 0 Å². The van der Waals surface area contributed by atoms with Crippen LogP contribution in [0.25, 0.3) is 10.4 Å². The summed E-state index contributed by atoms with van der Waals surface area (Å²) in [5, 5.41) is 3.59. The number of nitrogens with zero attached hydrogens (tertiary/aromatic N) is 5. The molecule has 3 atom stereocenters. The zero-order valence-corrected chi connectivity index (χ0v) is 14.3. The molecule has 1 fully saturated rings. The average Bonchev–Trinajstić information content (AvgIpc) is 3.08. The van der Waals surface area contributed by atoms with Crippen LogP contribution in [0.1, 0.15) is 18.2 Å². The fourth-order valence-electron chi connectivity index (χ4n) is 2.84. The predicted octanol–water partition coefficient (Wildman–Crippen LogP) is 2.44. The molecule has 0 N–H and O–H groups in total. The molecule has 1 aromatic carbocycles. The third kappa shape index (κ3) is 4.20. The minimum atomic E-state index is -0.541. The predicted molar refractivity (Wildman–Crippen MR) is 92.6 cm³/mol. The molecule has 2 aromatic rings. The van der Waals surface area contributed by atoms with Crippen LogP contribution in [0.2, 0.25) is 0 Å². The average molecular weight is 357 g/mol. The summed E-state index contributed by atoms with van der Waals surface area (Å²) in [6.45, 7) is 0.537. The Kier molecular flexibility index (Phi) is 5.85. The number of hydrogen-bond acceptors (Lipinski definition) is 6. The van der Waals surface area contributed by atoms with Crippen LogP contribution in [-0.2, 0) is 16.1 Å². The first kappa shape index (κ1) is 17.9. The van der Waals surface area contributed by atoms with E-state index in [2.05, 4.69) is 15.0 Å². The summed E-state index contributed by atoms with van der Waals surface area (Å²) in [6, 6.07) is 11.3. The Morgan fingerprint density at radius 2 is 2.19 bits per heavy atom. The van der Waals surface area contributed by atoms with Crippen molar-refractivity contribution >= 4 is 0 Å². The van der Waals surface area contributed by atoms with Crippen molar-refractivity contribution in [2.24, 2.45) is 5.11 Å². The molecule has 9 nitrogen and oxygen atoms in total. The summed E-state index contributed by atoms with van der Waals surface area (Å²) < 4.78 is 18.2. The number of rotatable bonds is 7. The van der Waals surface area contributed by atoms with Gasteiger partial charge in [-0.05, 0) is 11.1 Å². The van der Waals surface area contributed by atoms with E-state index in [4.69, 9.17) is 19.7 Å². The van der Waals surface area contributed by atoms with Gasteiger partial charge in [0.2, 0.25) is 5.88 Å². The summed E-state index contributed by atoms with van der Waals surface area (Å²) in [4.78, 5) is 18.8. The third-order valence-electron chi connectivity index (χ3n) is 4.14. The van der Waals surface area contributed by atoms with Gasteiger partial charge in [0.15, 0.2) is 0 Å². The van der Waals surface area contributed by atoms with E-state index in [1.807, 2.05) is 30.3 Å². The van der Waals surface area contributed by atoms with E-state index in [1.54, 1.807) is 12.3 Å². The molecule has 1 aromatic heterocycles. The van der Waals surface area contributed by atoms with Gasteiger partial charge in [-0.2, -0.15) is 4.98 Å². The van der Waals surface area contributed by atoms with Crippen LogP contribution in [0.4, 0.5) is 0 Å². The molecule has 0 amide bonds. The second-order valence-corrected chi connectivity index (χ2v) is 5.77. The number of aromatic nitrogens is 2. The summed E-state index contributed by atoms with van der Waals surface area (Å²) in [7, 11) is 1.45. The first-order valence-corrected chi connectivity index (χ1v) is 8.16. The highest BCUT2D eigenvalue weighted by Gasteiger charge is 2.37. The van der Waals surface area contributed by atoms with Crippen LogP contribution in [-0.4, -0.2) is 35.4 Å². The summed E-state index contributed by atoms with van der Waals surface area (Å²) in [5.41, 5.74) is 9.15. The maximum Gasteiger partial charge on any atom is 0.352 e. The van der Waals surface area contributed by atoms with Gasteiger partial charge >= 0.3 is 5.69 Å². The lowest BCUT2D eigenvalue weighted by atomic mass is 10.1. The van der Waals surface area contributed by atoms with Crippen LogP contribution < -0.4 is 10.4 Å². The molecular weight excluding hydrogens is 338 g/mol. The van der Waals surface area contributed by atoms with Gasteiger partial charge in [0, 0.05) is 23.6 Å². The Labute approximate surface area is 149 Å². The molecular formula is C17H19N5O4. The van der Waals surface area contributed by atoms with E-state index < -0.39 is 18.0 Å². The Balaban J connectivity index is 1.73. The van der Waals surface area contributed by atoms with E-state index in [0.717, 1.165) is 5.56 Å². The van der Waals surface area contributed by atoms with Gasteiger partial charge in [0.1, 0.15) is 6.23 Å². The number of azide groups is 1. The highest BCUT2D eigenvalue weighted by molar-refractivity contribution is 5.13. The van der Waals surface area contributed by atoms with Crippen molar-refractivity contribution in [3.63, 3.8) is 0 Å². The summed E-state index contributed by atoms with van der Waals surface area (Å²) in [5.74, 6) is 0.242. The van der Waals surface area contributed by atoms with Gasteiger partial charge in [0.25, 0.3) is 0 Å². The number of ether oxygens (including phenoxy) is 3. The van der Waals surface area contributed by atoms with E-state index in [-0.39, 0.29) is 18.5 Å². The van der Waals surface area contributed by atoms with Gasteiger partial charge < -0.3 is 14.2 Å². The lowest BCUT2D eigenvalue weighted by Gasteiger charge is -2.17. The highest BCUT2D eigenvalue weighted by Crippen LogP contribution is 2.31. The first-order chi connectivity index (χ1) is 12.7. The molecule has 0 bridgehead atoms. The van der Waals surface area contributed by atoms with E-state index in [9.17, 15) is 4.79 Å². The Bertz CT molecular complexity index is 835. The number of hydrogen-bond donors (Lipinski definition) is 0. The molecule has 26 heavy (non-hydrogen) atoms. The van der Waals surface area contributed by atoms with Crippen molar-refractivity contribution in [1.82, 2.24) is 9.55 Å². The molecule has 1 saturated heterocycles. The molecule has 1 aliphatic rings. The normalized spacial score (nSPS) is 22.0. The van der Waals surface area contributed by atoms with Crippen molar-refractivity contribution in [2.45, 2.75) is 31.5 Å². The standard InChI is InChI=1S/C17H19N5O4/c1-24-15-7-8-22(17(23)20-15)16-9-13(14(26-16)10-19-21-18)25-11-12-5-3-2-4-6-12/h2-8,13-14,16H,9-11H2,1H3/t13-,14+,16+/m0/s1. The summed E-state index contributed by atoms with van der Waals surface area (Å²) >= 11 is 0. The van der Waals surface area contributed by atoms with Gasteiger partial charge in [0.05, 0.1) is 32.5 Å². The number of benzene rings is 1. The van der Waals surface area contributed by atoms with Crippen molar-refractivity contribution in [3.8, 4) is 5.88 Å². The third-order valence-corrected chi connectivity index (χ3v) is 4.14. The molecule has 0 unspecified atom stereocenters. The molecule has 0 aliphatic carbocycles. The van der Waals surface area contributed by atoms with Crippen molar-refractivity contribution in [1.29, 1.82) is 0 Å². The monoisotopic (exact) mass is 357 g/mol. The highest BCUT2D eigenvalue weighted by atomic mass is 16.6. The van der Waals surface area contributed by atoms with Crippen molar-refractivity contribution in [3.05, 3.63) is 69.1 Å². The van der Waals surface area contributed by atoms with Crippen LogP contribution in [0, 0.1) is 0 Å². The van der Waals surface area contributed by atoms with E-state index in [0.29, 0.717) is 13.0 Å². The lowest BCUT2D eigenvalue weighted by molar-refractivity contribution is -0.0385. The Morgan fingerprint density at radius 3 is 2.88 bits per heavy atom. The minimum Gasteiger partial charge on any atom is -0.481 e. The van der Waals surface area contributed by atoms with Gasteiger partial charge in [-0.25, -0.2) is 4.79 Å². The first-order valence-electron chi connectivity index (χ1n) is 8.16. The van der Waals surface area contributed by atoms with Crippen molar-refractivity contribution in [2.75, 3.05) is 13.7 Å². The molecule has 1 aliphatic heterocycles. The zero-order chi connectivity index (χ0) is 18.4. The fourth-order valence-corrected chi connectivity index (χ4v) is 2.84. The maximum atomic E-state index is 12.2. The second kappa shape index (κ2) is 8.48. The van der Waals surface area contributed by atoms with Crippen LogP contribution >= 0.6 is 0 Å². The maximum absolute atomic E-state index is 12.2. The molecule has 9 heteroatoms. The van der Waals surface area contributed by atoms with Crippen LogP contribution in [0.5, 0.6) is 5.88 Å². The van der Waals surface area contributed by atoms with Gasteiger partial charge in [-0.15, -0.1) is 0 Å². The Morgan fingerprint density at radius 1 is 1.38 bits per heavy atom. The molecule has 0 saturated carbocycles. The topological polar surface area (TPSA) is 111 Å². The lowest BCUT2D eigenvalue weighted by Crippen LogP contribution is -2.27. The van der Waals surface area contributed by atoms with E-state index >= 15 is 0 Å². The molecule has 3 rings (SSSR count). The largest absolute Gasteiger partial charge is 0.481 e. The second-order valence-electron chi connectivity index (χ2n) is 5.77. The smallest absolute Gasteiger partial charge is 0.352 e. The molecule has 0 radical (unpaired) electrons. The van der Waals surface area contributed by atoms with Crippen LogP contribution in [0.15, 0.2) is 52.5 Å². The van der Waals surface area contributed by atoms with Gasteiger partial charge in [-0.1, -0.05) is 35.4 Å². The summed E-state index contributed by atoms with van der Waals surface area (Å²) in [6.07, 6.45) is 0.740. The molecule has 136 valence electrons. The minimum absolute atomic E-state index is 0.130. The quantitative estimate of drug-likeness (QED) is 0.429. The van der Waals surface area contributed by atoms with Gasteiger partial charge in [-0.3, -0.25) is 4.57 Å². The Hall–Kier alpha value is -2.87. The molecule has 2 heterocycles. The zero-order valence-electron chi connectivity index (χ0n) is 14.3.